The molecule has 0 heterocycles. The molecule has 0 aromatic heterocycles. The summed E-state index contributed by atoms with van der Waals surface area (Å²) < 4.78 is 40.7. The zero-order valence-electron chi connectivity index (χ0n) is 32.0. The molecule has 0 saturated heterocycles. The average Bonchev–Trinajstić information content (AvgIpc) is 3.29. The molecule has 0 radical (unpaired) electrons. The van der Waals surface area contributed by atoms with Crippen LogP contribution in [0.5, 0.6) is 34.5 Å². The van der Waals surface area contributed by atoms with E-state index in [1.807, 2.05) is 170 Å². The number of methoxy groups -OCH3 is 2. The molecular formula is C50H40O6P2. The number of hydrogen-bond acceptors (Lipinski definition) is 6. The summed E-state index contributed by atoms with van der Waals surface area (Å²) >= 11 is 0. The zero-order chi connectivity index (χ0) is 39.5. The van der Waals surface area contributed by atoms with E-state index in [-0.39, 0.29) is 0 Å². The van der Waals surface area contributed by atoms with Crippen LogP contribution >= 0.6 is 16.8 Å². The smallest absolute Gasteiger partial charge is 0.327 e. The highest BCUT2D eigenvalue weighted by molar-refractivity contribution is 7.58. The molecule has 0 N–H and O–H groups in total. The van der Waals surface area contributed by atoms with Crippen molar-refractivity contribution in [3.05, 3.63) is 206 Å². The molecule has 0 bridgehead atoms. The summed E-state index contributed by atoms with van der Waals surface area (Å²) in [4.78, 5) is 0. The molecule has 0 aliphatic heterocycles. The van der Waals surface area contributed by atoms with Crippen LogP contribution in [0.3, 0.4) is 0 Å². The molecule has 286 valence electrons. The van der Waals surface area contributed by atoms with Crippen LogP contribution in [0.2, 0.25) is 0 Å². The molecule has 0 fully saturated rings. The molecule has 8 heteroatoms. The maximum absolute atomic E-state index is 7.00. The van der Waals surface area contributed by atoms with Crippen LogP contribution in [-0.4, -0.2) is 14.2 Å². The van der Waals surface area contributed by atoms with Crippen LogP contribution in [0.4, 0.5) is 0 Å². The summed E-state index contributed by atoms with van der Waals surface area (Å²) in [6, 6.07) is 67.7. The van der Waals surface area contributed by atoms with Gasteiger partial charge in [-0.1, -0.05) is 133 Å². The fourth-order valence-corrected chi connectivity index (χ4v) is 9.88. The van der Waals surface area contributed by atoms with Gasteiger partial charge in [-0.15, -0.1) is 0 Å². The second-order valence-corrected chi connectivity index (χ2v) is 15.6. The topological polar surface area (TPSA) is 55.4 Å². The monoisotopic (exact) mass is 798 g/mol. The minimum absolute atomic E-state index is 0.592. The molecule has 8 rings (SSSR count). The molecule has 0 aliphatic carbocycles. The first-order valence-corrected chi connectivity index (χ1v) is 21.1. The van der Waals surface area contributed by atoms with Crippen LogP contribution in [0, 0.1) is 0 Å². The minimum Gasteiger partial charge on any atom is -0.496 e. The van der Waals surface area contributed by atoms with E-state index < -0.39 is 16.8 Å². The van der Waals surface area contributed by atoms with Gasteiger partial charge in [0.1, 0.15) is 34.5 Å². The third kappa shape index (κ3) is 8.70. The molecule has 8 aromatic carbocycles. The highest BCUT2D eigenvalue weighted by atomic mass is 31.2. The summed E-state index contributed by atoms with van der Waals surface area (Å²) in [7, 11) is -0.515. The van der Waals surface area contributed by atoms with Gasteiger partial charge in [0.25, 0.3) is 0 Å². The quantitative estimate of drug-likeness (QED) is 0.0963. The highest BCUT2D eigenvalue weighted by Crippen LogP contribution is 2.53. The molecule has 58 heavy (non-hydrogen) atoms. The van der Waals surface area contributed by atoms with E-state index >= 15 is 0 Å². The molecule has 0 spiro atoms. The Morgan fingerprint density at radius 2 is 0.552 bits per heavy atom. The number of rotatable bonds is 15. The van der Waals surface area contributed by atoms with Crippen molar-refractivity contribution in [2.45, 2.75) is 0 Å². The van der Waals surface area contributed by atoms with E-state index in [2.05, 4.69) is 36.4 Å². The molecule has 0 amide bonds. The van der Waals surface area contributed by atoms with Gasteiger partial charge in [-0.2, -0.15) is 0 Å². The Hall–Kier alpha value is -6.58. The zero-order valence-corrected chi connectivity index (χ0v) is 33.8. The third-order valence-corrected chi connectivity index (χ3v) is 12.4. The summed E-state index contributed by atoms with van der Waals surface area (Å²) in [5.41, 5.74) is 5.23. The van der Waals surface area contributed by atoms with Crippen molar-refractivity contribution in [3.8, 4) is 67.9 Å². The predicted octanol–water partition coefficient (Wildman–Crippen LogP) is 12.9. The van der Waals surface area contributed by atoms with E-state index in [1.165, 1.54) is 0 Å². The molecule has 0 unspecified atom stereocenters. The average molecular weight is 799 g/mol. The van der Waals surface area contributed by atoms with Gasteiger partial charge in [0.05, 0.1) is 24.8 Å². The first-order valence-electron chi connectivity index (χ1n) is 18.8. The van der Waals surface area contributed by atoms with Crippen LogP contribution in [0.15, 0.2) is 206 Å². The van der Waals surface area contributed by atoms with Crippen molar-refractivity contribution < 1.29 is 27.6 Å². The van der Waals surface area contributed by atoms with Gasteiger partial charge in [-0.25, -0.2) is 0 Å². The van der Waals surface area contributed by atoms with E-state index in [1.54, 1.807) is 14.2 Å². The van der Waals surface area contributed by atoms with Crippen molar-refractivity contribution in [3.63, 3.8) is 0 Å². The summed E-state index contributed by atoms with van der Waals surface area (Å²) in [6.07, 6.45) is 0. The Kier molecular flexibility index (Phi) is 12.3. The van der Waals surface area contributed by atoms with Crippen molar-refractivity contribution in [1.29, 1.82) is 0 Å². The van der Waals surface area contributed by atoms with E-state index in [9.17, 15) is 0 Å². The molecular weight excluding hydrogens is 758 g/mol. The Labute approximate surface area is 342 Å². The lowest BCUT2D eigenvalue weighted by Gasteiger charge is -2.29. The highest BCUT2D eigenvalue weighted by Gasteiger charge is 2.36. The lowest BCUT2D eigenvalue weighted by molar-refractivity contribution is 0.410. The Balaban J connectivity index is 1.49. The molecule has 0 aliphatic rings. The van der Waals surface area contributed by atoms with Crippen molar-refractivity contribution in [2.24, 2.45) is 0 Å². The number of hydrogen-bond donors (Lipinski definition) is 0. The summed E-state index contributed by atoms with van der Waals surface area (Å²) in [6.45, 7) is 0. The van der Waals surface area contributed by atoms with Gasteiger partial charge >= 0.3 is 16.8 Å². The maximum Gasteiger partial charge on any atom is 0.327 e. The van der Waals surface area contributed by atoms with E-state index in [0.29, 0.717) is 34.5 Å². The van der Waals surface area contributed by atoms with Gasteiger partial charge in [-0.3, -0.25) is 0 Å². The number of benzene rings is 8. The van der Waals surface area contributed by atoms with Crippen LogP contribution in [0.1, 0.15) is 0 Å². The summed E-state index contributed by atoms with van der Waals surface area (Å²) in [5.74, 6) is 3.81. The fourth-order valence-electron chi connectivity index (χ4n) is 6.58. The van der Waals surface area contributed by atoms with Crippen molar-refractivity contribution in [1.82, 2.24) is 0 Å². The van der Waals surface area contributed by atoms with Gasteiger partial charge in [-0.05, 0) is 95.1 Å². The molecule has 8 aromatic rings. The Bertz CT molecular complexity index is 2260. The largest absolute Gasteiger partial charge is 0.496 e. The van der Waals surface area contributed by atoms with E-state index in [0.717, 1.165) is 44.0 Å². The first-order chi connectivity index (χ1) is 28.7. The number of ether oxygens (including phenoxy) is 2. The third-order valence-electron chi connectivity index (χ3n) is 9.23. The maximum atomic E-state index is 7.00. The molecule has 6 nitrogen and oxygen atoms in total. The van der Waals surface area contributed by atoms with Gasteiger partial charge in [0.15, 0.2) is 0 Å². The van der Waals surface area contributed by atoms with E-state index in [4.69, 9.17) is 27.6 Å². The van der Waals surface area contributed by atoms with Crippen LogP contribution < -0.4 is 38.2 Å². The van der Waals surface area contributed by atoms with Crippen molar-refractivity contribution >= 4 is 27.4 Å². The second kappa shape index (κ2) is 18.6. The lowest BCUT2D eigenvalue weighted by Crippen LogP contribution is -2.23. The predicted molar refractivity (Wildman–Crippen MR) is 237 cm³/mol. The Morgan fingerprint density at radius 3 is 0.810 bits per heavy atom. The van der Waals surface area contributed by atoms with Crippen LogP contribution in [-0.2, 0) is 0 Å². The van der Waals surface area contributed by atoms with Crippen molar-refractivity contribution in [2.75, 3.05) is 14.2 Å². The Morgan fingerprint density at radius 1 is 0.293 bits per heavy atom. The molecule has 0 atom stereocenters. The fraction of sp³-hybridized carbons (Fsp3) is 0.0400. The normalized spacial score (nSPS) is 10.9. The van der Waals surface area contributed by atoms with Gasteiger partial charge < -0.3 is 27.6 Å². The second-order valence-electron chi connectivity index (χ2n) is 12.9. The molecule has 0 saturated carbocycles. The summed E-state index contributed by atoms with van der Waals surface area (Å²) in [5, 5.41) is 1.57. The lowest BCUT2D eigenvalue weighted by atomic mass is 9.94. The minimum atomic E-state index is -1.94. The van der Waals surface area contributed by atoms with Crippen LogP contribution in [0.25, 0.3) is 33.4 Å². The van der Waals surface area contributed by atoms with Gasteiger partial charge in [0, 0.05) is 11.1 Å². The SMILES string of the molecule is COc1ccc(-c2ccccc2)c(P(Oc2ccccc2)Oc2ccccc2)c1-c1c(OC)ccc(-c2ccccc2)c1P(Oc1ccccc1)Oc1ccccc1. The van der Waals surface area contributed by atoms with Gasteiger partial charge in [0.2, 0.25) is 0 Å². The number of para-hydroxylation sites is 4. The standard InChI is InChI=1S/C50H40O6P2/c1-51-45-35-33-43(37-21-9-3-10-22-37)49(57(53-39-25-13-5-14-26-39)54-40-27-15-6-16-28-40)47(45)48-46(52-2)36-34-44(38-23-11-4-12-24-38)50(48)58(55-41-29-17-7-18-30-41)56-42-31-19-8-20-32-42/h3-36H,1-2H3. The first kappa shape index (κ1) is 38.3.